The number of carboxylic acids is 1. The van der Waals surface area contributed by atoms with Crippen LogP contribution in [-0.4, -0.2) is 24.7 Å². The van der Waals surface area contributed by atoms with E-state index in [1.165, 1.54) is 12.1 Å². The number of nitriles is 1. The number of benzene rings is 1. The third kappa shape index (κ3) is 3.59. The van der Waals surface area contributed by atoms with E-state index in [0.717, 1.165) is 6.07 Å². The number of aromatic carboxylic acids is 1. The Bertz CT molecular complexity index is 637. The van der Waals surface area contributed by atoms with E-state index in [2.05, 4.69) is 4.72 Å². The lowest BCUT2D eigenvalue weighted by atomic mass is 10.2. The van der Waals surface area contributed by atoms with Crippen molar-refractivity contribution >= 4 is 33.3 Å². The molecule has 102 valence electrons. The highest BCUT2D eigenvalue weighted by Gasteiger charge is 2.23. The van der Waals surface area contributed by atoms with Crippen LogP contribution in [0.25, 0.3) is 0 Å². The monoisotopic (exact) mass is 302 g/mol. The maximum Gasteiger partial charge on any atom is 0.337 e. The van der Waals surface area contributed by atoms with Crippen molar-refractivity contribution < 1.29 is 18.3 Å². The van der Waals surface area contributed by atoms with Gasteiger partial charge in [0, 0.05) is 5.69 Å². The fraction of sp³-hybridized carbons (Fsp3) is 0.273. The van der Waals surface area contributed by atoms with Crippen LogP contribution in [0.15, 0.2) is 18.2 Å². The van der Waals surface area contributed by atoms with Gasteiger partial charge in [-0.3, -0.25) is 4.72 Å². The number of carbonyl (C=O) groups is 1. The van der Waals surface area contributed by atoms with Crippen LogP contribution in [0, 0.1) is 11.3 Å². The van der Waals surface area contributed by atoms with Crippen molar-refractivity contribution in [3.8, 4) is 6.07 Å². The molecule has 1 atom stereocenters. The molecule has 0 aliphatic heterocycles. The van der Waals surface area contributed by atoms with Crippen molar-refractivity contribution in [3.63, 3.8) is 0 Å². The Morgan fingerprint density at radius 2 is 2.21 bits per heavy atom. The van der Waals surface area contributed by atoms with Gasteiger partial charge in [0.05, 0.1) is 16.7 Å². The number of nitrogens with zero attached hydrogens (tertiary/aromatic N) is 1. The van der Waals surface area contributed by atoms with E-state index in [1.807, 2.05) is 0 Å². The van der Waals surface area contributed by atoms with Gasteiger partial charge >= 0.3 is 5.97 Å². The van der Waals surface area contributed by atoms with Crippen LogP contribution in [0.4, 0.5) is 5.69 Å². The van der Waals surface area contributed by atoms with E-state index < -0.39 is 21.2 Å². The molecular weight excluding hydrogens is 292 g/mol. The third-order valence-electron chi connectivity index (χ3n) is 2.35. The molecule has 8 heteroatoms. The number of halogens is 1. The number of carboxylic acid groups (broad SMARTS) is 1. The Balaban J connectivity index is 3.11. The largest absolute Gasteiger partial charge is 0.478 e. The van der Waals surface area contributed by atoms with Gasteiger partial charge in [-0.1, -0.05) is 18.5 Å². The van der Waals surface area contributed by atoms with E-state index in [4.69, 9.17) is 22.0 Å². The molecule has 0 aliphatic rings. The fourth-order valence-corrected chi connectivity index (χ4v) is 2.74. The SMILES string of the molecule is CCC(C#N)S(=O)(=O)Nc1ccc(Cl)c(C(=O)O)c1. The van der Waals surface area contributed by atoms with E-state index in [-0.39, 0.29) is 22.7 Å². The normalized spacial score (nSPS) is 12.5. The summed E-state index contributed by atoms with van der Waals surface area (Å²) in [7, 11) is -3.88. The summed E-state index contributed by atoms with van der Waals surface area (Å²) in [6, 6.07) is 5.38. The summed E-state index contributed by atoms with van der Waals surface area (Å²) in [5.74, 6) is -1.27. The maximum absolute atomic E-state index is 11.8. The van der Waals surface area contributed by atoms with Gasteiger partial charge in [-0.25, -0.2) is 13.2 Å². The molecule has 1 aromatic carbocycles. The smallest absolute Gasteiger partial charge is 0.337 e. The molecule has 0 saturated heterocycles. The minimum atomic E-state index is -3.88. The summed E-state index contributed by atoms with van der Waals surface area (Å²) >= 11 is 5.67. The lowest BCUT2D eigenvalue weighted by Gasteiger charge is -2.12. The first-order valence-electron chi connectivity index (χ1n) is 5.26. The molecule has 6 nitrogen and oxygen atoms in total. The average molecular weight is 303 g/mol. The molecule has 19 heavy (non-hydrogen) atoms. The number of hydrogen-bond acceptors (Lipinski definition) is 4. The molecule has 0 radical (unpaired) electrons. The Kier molecular flexibility index (Phi) is 4.75. The highest BCUT2D eigenvalue weighted by Crippen LogP contribution is 2.22. The van der Waals surface area contributed by atoms with Crippen LogP contribution in [0.3, 0.4) is 0 Å². The second-order valence-corrected chi connectivity index (χ2v) is 5.94. The molecule has 0 saturated carbocycles. The van der Waals surface area contributed by atoms with Gasteiger partial charge in [-0.2, -0.15) is 5.26 Å². The Hall–Kier alpha value is -1.78. The quantitative estimate of drug-likeness (QED) is 0.866. The Labute approximate surface area is 115 Å². The standard InChI is InChI=1S/C11H11ClN2O4S/c1-2-8(6-13)19(17,18)14-7-3-4-10(12)9(5-7)11(15)16/h3-5,8,14H,2H2,1H3,(H,15,16). The van der Waals surface area contributed by atoms with Crippen LogP contribution >= 0.6 is 11.6 Å². The molecule has 0 aliphatic carbocycles. The number of sulfonamides is 1. The van der Waals surface area contributed by atoms with Gasteiger partial charge in [0.1, 0.15) is 0 Å². The molecule has 1 aromatic rings. The summed E-state index contributed by atoms with van der Waals surface area (Å²) in [5, 5.41) is 16.4. The Morgan fingerprint density at radius 3 is 2.68 bits per heavy atom. The first-order chi connectivity index (χ1) is 8.81. The summed E-state index contributed by atoms with van der Waals surface area (Å²) in [4.78, 5) is 10.9. The first kappa shape index (κ1) is 15.3. The van der Waals surface area contributed by atoms with Crippen molar-refractivity contribution in [1.82, 2.24) is 0 Å². The third-order valence-corrected chi connectivity index (χ3v) is 4.38. The number of rotatable bonds is 5. The second kappa shape index (κ2) is 5.91. The molecule has 2 N–H and O–H groups in total. The topological polar surface area (TPSA) is 107 Å². The lowest BCUT2D eigenvalue weighted by Crippen LogP contribution is -2.26. The van der Waals surface area contributed by atoms with Crippen molar-refractivity contribution in [2.24, 2.45) is 0 Å². The maximum atomic E-state index is 11.8. The van der Waals surface area contributed by atoms with Gasteiger partial charge in [0.2, 0.25) is 10.0 Å². The summed E-state index contributed by atoms with van der Waals surface area (Å²) in [5.41, 5.74) is -0.164. The average Bonchev–Trinajstić information content (AvgIpc) is 2.32. The van der Waals surface area contributed by atoms with Crippen LogP contribution in [-0.2, 0) is 10.0 Å². The molecule has 1 unspecified atom stereocenters. The van der Waals surface area contributed by atoms with Crippen LogP contribution in [0.1, 0.15) is 23.7 Å². The summed E-state index contributed by atoms with van der Waals surface area (Å²) < 4.78 is 25.8. The van der Waals surface area contributed by atoms with Gasteiger partial charge in [-0.05, 0) is 24.6 Å². The van der Waals surface area contributed by atoms with Crippen molar-refractivity contribution in [1.29, 1.82) is 5.26 Å². The highest BCUT2D eigenvalue weighted by atomic mass is 35.5. The molecule has 0 amide bonds. The van der Waals surface area contributed by atoms with Crippen LogP contribution in [0.2, 0.25) is 5.02 Å². The molecule has 1 rings (SSSR count). The highest BCUT2D eigenvalue weighted by molar-refractivity contribution is 7.93. The zero-order valence-corrected chi connectivity index (χ0v) is 11.5. The van der Waals surface area contributed by atoms with E-state index in [1.54, 1.807) is 13.0 Å². The molecule has 0 spiro atoms. The summed E-state index contributed by atoms with van der Waals surface area (Å²) in [6.45, 7) is 1.57. The number of hydrogen-bond donors (Lipinski definition) is 2. The molecule has 0 fully saturated rings. The van der Waals surface area contributed by atoms with Gasteiger partial charge in [0.25, 0.3) is 0 Å². The molecular formula is C11H11ClN2O4S. The Morgan fingerprint density at radius 1 is 1.58 bits per heavy atom. The van der Waals surface area contributed by atoms with Crippen molar-refractivity contribution in [3.05, 3.63) is 28.8 Å². The van der Waals surface area contributed by atoms with Gasteiger partial charge < -0.3 is 5.11 Å². The van der Waals surface area contributed by atoms with Crippen molar-refractivity contribution in [2.75, 3.05) is 4.72 Å². The van der Waals surface area contributed by atoms with E-state index in [9.17, 15) is 13.2 Å². The second-order valence-electron chi connectivity index (χ2n) is 3.67. The van der Waals surface area contributed by atoms with Crippen LogP contribution < -0.4 is 4.72 Å². The van der Waals surface area contributed by atoms with Crippen molar-refractivity contribution in [2.45, 2.75) is 18.6 Å². The molecule has 0 heterocycles. The zero-order valence-electron chi connectivity index (χ0n) is 9.92. The first-order valence-corrected chi connectivity index (χ1v) is 7.18. The number of nitrogens with one attached hydrogen (secondary N) is 1. The predicted molar refractivity (Wildman–Crippen MR) is 70.6 cm³/mol. The van der Waals surface area contributed by atoms with Gasteiger partial charge in [-0.15, -0.1) is 0 Å². The summed E-state index contributed by atoms with van der Waals surface area (Å²) in [6.07, 6.45) is 0.130. The van der Waals surface area contributed by atoms with E-state index in [0.29, 0.717) is 0 Å². The zero-order chi connectivity index (χ0) is 14.6. The minimum Gasteiger partial charge on any atom is -0.478 e. The molecule has 0 bridgehead atoms. The van der Waals surface area contributed by atoms with Gasteiger partial charge in [0.15, 0.2) is 5.25 Å². The minimum absolute atomic E-state index is 0.00257. The van der Waals surface area contributed by atoms with Crippen LogP contribution in [0.5, 0.6) is 0 Å². The predicted octanol–water partition coefficient (Wildman–Crippen LogP) is 2.08. The van der Waals surface area contributed by atoms with E-state index >= 15 is 0 Å². The lowest BCUT2D eigenvalue weighted by molar-refractivity contribution is 0.0697. The fourth-order valence-electron chi connectivity index (χ4n) is 1.37. The molecule has 0 aromatic heterocycles. The number of anilines is 1.